The molecule has 1 amide bonds. The molecule has 3 aromatic rings. The van der Waals surface area contributed by atoms with Gasteiger partial charge >= 0.3 is 5.97 Å². The second-order valence-corrected chi connectivity index (χ2v) is 12.1. The standard InChI is InChI=1S/C30H37N5O4S/c1-19(2)23-18-40-25(32-23)11-9-20-13-15-35-24(16-20)33-27(34-14-7-8-21(17-34)28(37)31-6)22(29(35)38)10-12-26(36)39-30(3,4)5/h9-13,15-16,18-19,21H,7-8,14,17H2,1-6H3,(H,31,37)/b11-9+,12-10+. The normalized spacial score (nSPS) is 16.4. The van der Waals surface area contributed by atoms with E-state index in [1.165, 1.54) is 16.6 Å². The van der Waals surface area contributed by atoms with Crippen LogP contribution in [0.25, 0.3) is 23.9 Å². The summed E-state index contributed by atoms with van der Waals surface area (Å²) in [5, 5.41) is 5.70. The zero-order valence-corrected chi connectivity index (χ0v) is 24.7. The van der Waals surface area contributed by atoms with Gasteiger partial charge in [0.05, 0.1) is 17.2 Å². The Morgan fingerprint density at radius 1 is 1.20 bits per heavy atom. The molecule has 40 heavy (non-hydrogen) atoms. The number of piperidine rings is 1. The van der Waals surface area contributed by atoms with Crippen LogP contribution in [0, 0.1) is 5.92 Å². The van der Waals surface area contributed by atoms with Crippen LogP contribution in [0.1, 0.15) is 75.2 Å². The lowest BCUT2D eigenvalue weighted by atomic mass is 9.97. The number of carbonyl (C=O) groups is 2. The van der Waals surface area contributed by atoms with Crippen LogP contribution in [0.5, 0.6) is 0 Å². The van der Waals surface area contributed by atoms with Crippen LogP contribution in [-0.2, 0) is 14.3 Å². The van der Waals surface area contributed by atoms with Gasteiger partial charge in [-0.05, 0) is 69.4 Å². The average Bonchev–Trinajstić information content (AvgIpc) is 3.39. The van der Waals surface area contributed by atoms with Crippen LogP contribution in [-0.4, -0.2) is 52.0 Å². The number of hydrogen-bond donors (Lipinski definition) is 1. The highest BCUT2D eigenvalue weighted by molar-refractivity contribution is 7.10. The van der Waals surface area contributed by atoms with E-state index in [0.29, 0.717) is 30.5 Å². The topological polar surface area (TPSA) is 106 Å². The lowest BCUT2D eigenvalue weighted by Crippen LogP contribution is -2.43. The molecule has 4 heterocycles. The highest BCUT2D eigenvalue weighted by Crippen LogP contribution is 2.26. The van der Waals surface area contributed by atoms with Gasteiger partial charge in [0.25, 0.3) is 5.56 Å². The molecule has 0 bridgehead atoms. The highest BCUT2D eigenvalue weighted by Gasteiger charge is 2.28. The maximum atomic E-state index is 13.7. The number of rotatable bonds is 7. The predicted octanol–water partition coefficient (Wildman–Crippen LogP) is 4.76. The third kappa shape index (κ3) is 7.04. The number of carbonyl (C=O) groups excluding carboxylic acids is 2. The van der Waals surface area contributed by atoms with Crippen LogP contribution in [0.15, 0.2) is 34.6 Å². The molecule has 1 unspecified atom stereocenters. The second kappa shape index (κ2) is 12.2. The van der Waals surface area contributed by atoms with Crippen LogP contribution in [0.4, 0.5) is 5.82 Å². The molecule has 1 aliphatic heterocycles. The van der Waals surface area contributed by atoms with Gasteiger partial charge in [0, 0.05) is 37.8 Å². The predicted molar refractivity (Wildman–Crippen MR) is 160 cm³/mol. The number of thiazole rings is 1. The van der Waals surface area contributed by atoms with Gasteiger partial charge in [-0.2, -0.15) is 0 Å². The summed E-state index contributed by atoms with van der Waals surface area (Å²) in [6, 6.07) is 3.69. The molecule has 10 heteroatoms. The molecular weight excluding hydrogens is 526 g/mol. The third-order valence-electron chi connectivity index (χ3n) is 6.55. The number of amides is 1. The number of anilines is 1. The van der Waals surface area contributed by atoms with E-state index >= 15 is 0 Å². The zero-order valence-electron chi connectivity index (χ0n) is 23.9. The van der Waals surface area contributed by atoms with Gasteiger partial charge in [-0.15, -0.1) is 11.3 Å². The van der Waals surface area contributed by atoms with Crippen molar-refractivity contribution in [1.82, 2.24) is 19.7 Å². The number of aromatic nitrogens is 3. The van der Waals surface area contributed by atoms with Gasteiger partial charge in [-0.25, -0.2) is 14.8 Å². The molecule has 1 atom stereocenters. The molecular formula is C30H37N5O4S. The average molecular weight is 564 g/mol. The Morgan fingerprint density at radius 2 is 1.98 bits per heavy atom. The Labute approximate surface area is 238 Å². The van der Waals surface area contributed by atoms with Crippen molar-refractivity contribution in [3.05, 3.63) is 62.0 Å². The monoisotopic (exact) mass is 563 g/mol. The lowest BCUT2D eigenvalue weighted by molar-refractivity contribution is -0.148. The first kappa shape index (κ1) is 29.2. The Morgan fingerprint density at radius 3 is 2.65 bits per heavy atom. The smallest absolute Gasteiger partial charge is 0.331 e. The van der Waals surface area contributed by atoms with Crippen molar-refractivity contribution in [1.29, 1.82) is 0 Å². The van der Waals surface area contributed by atoms with Crippen molar-refractivity contribution in [2.24, 2.45) is 5.92 Å². The minimum Gasteiger partial charge on any atom is -0.457 e. The Hall–Kier alpha value is -3.79. The van der Waals surface area contributed by atoms with Crippen molar-refractivity contribution in [3.8, 4) is 0 Å². The molecule has 9 nitrogen and oxygen atoms in total. The summed E-state index contributed by atoms with van der Waals surface area (Å²) in [4.78, 5) is 50.0. The Bertz CT molecular complexity index is 1510. The molecule has 0 spiro atoms. The van der Waals surface area contributed by atoms with E-state index in [-0.39, 0.29) is 22.9 Å². The highest BCUT2D eigenvalue weighted by atomic mass is 32.1. The molecule has 0 saturated carbocycles. The number of pyridine rings is 1. The SMILES string of the molecule is CNC(=O)C1CCCN(c2nc3cc(/C=C/c4nc(C(C)C)cs4)ccn3c(=O)c2/C=C/C(=O)OC(C)(C)C)C1. The van der Waals surface area contributed by atoms with Gasteiger partial charge in [-0.3, -0.25) is 14.0 Å². The first-order chi connectivity index (χ1) is 18.9. The second-order valence-electron chi connectivity index (χ2n) is 11.2. The van der Waals surface area contributed by atoms with E-state index in [4.69, 9.17) is 9.72 Å². The van der Waals surface area contributed by atoms with Gasteiger partial charge in [0.15, 0.2) is 0 Å². The summed E-state index contributed by atoms with van der Waals surface area (Å²) in [5.41, 5.74) is 1.71. The summed E-state index contributed by atoms with van der Waals surface area (Å²) in [6.45, 7) is 10.7. The number of ether oxygens (including phenoxy) is 1. The van der Waals surface area contributed by atoms with Gasteiger partial charge in [0.1, 0.15) is 22.1 Å². The fourth-order valence-corrected chi connectivity index (χ4v) is 5.40. The van der Waals surface area contributed by atoms with Crippen molar-refractivity contribution in [3.63, 3.8) is 0 Å². The van der Waals surface area contributed by atoms with Gasteiger partial charge in [-0.1, -0.05) is 19.9 Å². The first-order valence-corrected chi connectivity index (χ1v) is 14.4. The summed E-state index contributed by atoms with van der Waals surface area (Å²) in [6.07, 6.45) is 9.86. The van der Waals surface area contributed by atoms with Gasteiger partial charge in [0.2, 0.25) is 5.91 Å². The van der Waals surface area contributed by atoms with Crippen LogP contribution in [0.2, 0.25) is 0 Å². The minimum atomic E-state index is -0.659. The minimum absolute atomic E-state index is 0.0386. The molecule has 4 rings (SSSR count). The van der Waals surface area contributed by atoms with E-state index in [2.05, 4.69) is 29.5 Å². The lowest BCUT2D eigenvalue weighted by Gasteiger charge is -2.33. The molecule has 0 radical (unpaired) electrons. The van der Waals surface area contributed by atoms with Crippen LogP contribution in [0.3, 0.4) is 0 Å². The molecule has 1 aliphatic rings. The molecule has 1 fully saturated rings. The number of nitrogens with one attached hydrogen (secondary N) is 1. The van der Waals surface area contributed by atoms with Gasteiger partial charge < -0.3 is 15.0 Å². The van der Waals surface area contributed by atoms with E-state index in [9.17, 15) is 14.4 Å². The quantitative estimate of drug-likeness (QED) is 0.326. The fourth-order valence-electron chi connectivity index (χ4n) is 4.53. The maximum Gasteiger partial charge on any atom is 0.331 e. The molecule has 0 aromatic carbocycles. The number of hydrogen-bond acceptors (Lipinski definition) is 8. The largest absolute Gasteiger partial charge is 0.457 e. The Balaban J connectivity index is 1.75. The number of fused-ring (bicyclic) bond motifs is 1. The summed E-state index contributed by atoms with van der Waals surface area (Å²) in [5.74, 6) is 0.00681. The van der Waals surface area contributed by atoms with E-state index in [0.717, 1.165) is 29.1 Å². The van der Waals surface area contributed by atoms with Crippen LogP contribution < -0.4 is 15.8 Å². The van der Waals surface area contributed by atoms with Crippen molar-refractivity contribution < 1.29 is 14.3 Å². The number of esters is 1. The maximum absolute atomic E-state index is 13.7. The van der Waals surface area contributed by atoms with Crippen LogP contribution >= 0.6 is 11.3 Å². The third-order valence-corrected chi connectivity index (χ3v) is 7.38. The molecule has 1 N–H and O–H groups in total. The van der Waals surface area contributed by atoms with E-state index in [1.807, 2.05) is 29.2 Å². The summed E-state index contributed by atoms with van der Waals surface area (Å²) < 4.78 is 6.86. The number of nitrogens with zero attached hydrogens (tertiary/aromatic N) is 4. The Kier molecular flexibility index (Phi) is 8.88. The molecule has 212 valence electrons. The van der Waals surface area contributed by atoms with E-state index < -0.39 is 11.6 Å². The first-order valence-electron chi connectivity index (χ1n) is 13.5. The zero-order chi connectivity index (χ0) is 29.0. The van der Waals surface area contributed by atoms with Crippen molar-refractivity contribution in [2.45, 2.75) is 59.0 Å². The van der Waals surface area contributed by atoms with Crippen molar-refractivity contribution in [2.75, 3.05) is 25.0 Å². The molecule has 0 aliphatic carbocycles. The van der Waals surface area contributed by atoms with Crippen molar-refractivity contribution >= 4 is 52.9 Å². The summed E-state index contributed by atoms with van der Waals surface area (Å²) in [7, 11) is 1.63. The van der Waals surface area contributed by atoms with E-state index in [1.54, 1.807) is 45.4 Å². The molecule has 3 aromatic heterocycles. The fraction of sp³-hybridized carbons (Fsp3) is 0.433. The molecule has 1 saturated heterocycles. The summed E-state index contributed by atoms with van der Waals surface area (Å²) >= 11 is 1.59.